The predicted molar refractivity (Wildman–Crippen MR) is 215 cm³/mol. The number of aromatic amines is 1. The van der Waals surface area contributed by atoms with E-state index < -0.39 is 35.9 Å². The molecule has 6 rings (SSSR count). The van der Waals surface area contributed by atoms with Crippen molar-refractivity contribution in [3.8, 4) is 17.4 Å². The molecular formula is C41H53N7O7S. The Bertz CT molecular complexity index is 1950. The Kier molecular flexibility index (Phi) is 13.0. The lowest BCUT2D eigenvalue weighted by Gasteiger charge is -2.27. The van der Waals surface area contributed by atoms with E-state index in [1.54, 1.807) is 25.1 Å². The van der Waals surface area contributed by atoms with E-state index in [2.05, 4.69) is 51.0 Å². The van der Waals surface area contributed by atoms with Crippen LogP contribution in [0.2, 0.25) is 0 Å². The third-order valence-electron chi connectivity index (χ3n) is 10.6. The summed E-state index contributed by atoms with van der Waals surface area (Å²) in [4.78, 5) is 63.0. The molecule has 2 saturated carbocycles. The van der Waals surface area contributed by atoms with E-state index in [-0.39, 0.29) is 47.3 Å². The molecule has 2 aromatic heterocycles. The van der Waals surface area contributed by atoms with Gasteiger partial charge >= 0.3 is 0 Å². The number of methoxy groups -OCH3 is 1. The average molecular weight is 788 g/mol. The molecule has 3 fully saturated rings. The molecule has 2 aliphatic carbocycles. The zero-order chi connectivity index (χ0) is 40.0. The first-order chi connectivity index (χ1) is 26.9. The molecule has 1 saturated heterocycles. The van der Waals surface area contributed by atoms with E-state index in [0.29, 0.717) is 35.7 Å². The molecule has 56 heavy (non-hydrogen) atoms. The number of unbranched alkanes of at least 4 members (excludes halogenated alkanes) is 3. The predicted octanol–water partition coefficient (Wildman–Crippen LogP) is 5.90. The number of carbonyl (C=O) groups is 4. The van der Waals surface area contributed by atoms with Crippen LogP contribution in [0.3, 0.4) is 0 Å². The number of nitrogens with one attached hydrogen (secondary N) is 3. The van der Waals surface area contributed by atoms with Crippen LogP contribution in [-0.2, 0) is 14.4 Å². The lowest BCUT2D eigenvalue weighted by molar-refractivity contribution is -0.139. The molecule has 2 unspecified atom stereocenters. The van der Waals surface area contributed by atoms with Gasteiger partial charge in [-0.1, -0.05) is 25.0 Å². The second-order valence-electron chi connectivity index (χ2n) is 15.5. The number of H-pyrrole nitrogens is 1. The monoisotopic (exact) mass is 787 g/mol. The molecule has 0 spiro atoms. The number of aromatic nitrogens is 3. The molecular weight excluding hydrogens is 735 g/mol. The maximum Gasteiger partial charge on any atom is 0.269 e. The second kappa shape index (κ2) is 17.9. The Morgan fingerprint density at radius 2 is 1.95 bits per heavy atom. The number of fused-ring (bicyclic) bond motifs is 1. The summed E-state index contributed by atoms with van der Waals surface area (Å²) in [7, 11) is 1.60. The molecule has 3 N–H and O–H groups in total. The summed E-state index contributed by atoms with van der Waals surface area (Å²) in [5.41, 5.74) is 1.69. The van der Waals surface area contributed by atoms with Gasteiger partial charge in [0.05, 0.1) is 25.3 Å². The van der Waals surface area contributed by atoms with Crippen molar-refractivity contribution in [3.05, 3.63) is 53.9 Å². The molecule has 1 aromatic carbocycles. The van der Waals surface area contributed by atoms with Crippen molar-refractivity contribution in [1.29, 1.82) is 0 Å². The number of likely N-dealkylation sites (tertiary alicyclic amines) is 1. The SMILES string of the molecule is C=NC(=O)[C@@H]1CC(Oc2cc(OC(C)C)nc3c(C)c(OC)ccc23)CN1C(=O)[C@H](CCCCC/C=C\C1C[C@@H]1C(=O)NSC1(C)CC1)NC(=O)c1ccn[nH]1. The summed E-state index contributed by atoms with van der Waals surface area (Å²) in [6.07, 6.45) is 12.0. The lowest BCUT2D eigenvalue weighted by atomic mass is 10.0. The van der Waals surface area contributed by atoms with Crippen molar-refractivity contribution in [2.45, 2.75) is 115 Å². The fourth-order valence-electron chi connectivity index (χ4n) is 7.01. The van der Waals surface area contributed by atoms with Crippen LogP contribution in [0.5, 0.6) is 17.4 Å². The van der Waals surface area contributed by atoms with E-state index in [4.69, 9.17) is 19.2 Å². The number of pyridine rings is 1. The third-order valence-corrected chi connectivity index (χ3v) is 11.8. The topological polar surface area (TPSA) is 177 Å². The molecule has 0 bridgehead atoms. The Morgan fingerprint density at radius 1 is 1.14 bits per heavy atom. The summed E-state index contributed by atoms with van der Waals surface area (Å²) >= 11 is 1.56. The van der Waals surface area contributed by atoms with E-state index in [0.717, 1.165) is 49.5 Å². The highest BCUT2D eigenvalue weighted by atomic mass is 32.2. The summed E-state index contributed by atoms with van der Waals surface area (Å²) in [6.45, 7) is 11.4. The smallest absolute Gasteiger partial charge is 0.269 e. The number of benzene rings is 1. The Balaban J connectivity index is 1.10. The first-order valence-electron chi connectivity index (χ1n) is 19.5. The van der Waals surface area contributed by atoms with Gasteiger partial charge in [0.15, 0.2) is 0 Å². The second-order valence-corrected chi connectivity index (χ2v) is 16.9. The van der Waals surface area contributed by atoms with E-state index >= 15 is 0 Å². The number of amides is 4. The molecule has 3 aliphatic rings. The van der Waals surface area contributed by atoms with Crippen molar-refractivity contribution >= 4 is 53.2 Å². The highest BCUT2D eigenvalue weighted by molar-refractivity contribution is 7.99. The van der Waals surface area contributed by atoms with Crippen LogP contribution in [0.25, 0.3) is 10.9 Å². The van der Waals surface area contributed by atoms with Gasteiger partial charge in [-0.15, -0.1) is 0 Å². The summed E-state index contributed by atoms with van der Waals surface area (Å²) in [5, 5.41) is 10.1. The number of ether oxygens (including phenoxy) is 3. The normalized spacial score (nSPS) is 21.5. The highest BCUT2D eigenvalue weighted by Gasteiger charge is 2.45. The highest BCUT2D eigenvalue weighted by Crippen LogP contribution is 2.47. The van der Waals surface area contributed by atoms with Gasteiger partial charge in [0.1, 0.15) is 35.4 Å². The molecule has 3 heterocycles. The number of allylic oxidation sites excluding steroid dienone is 2. The fourth-order valence-corrected chi connectivity index (χ4v) is 7.82. The summed E-state index contributed by atoms with van der Waals surface area (Å²) in [5.74, 6) is 0.587. The van der Waals surface area contributed by atoms with Crippen LogP contribution >= 0.6 is 11.9 Å². The number of aryl methyl sites for hydroxylation is 1. The summed E-state index contributed by atoms with van der Waals surface area (Å²) in [6, 6.07) is 5.12. The van der Waals surface area contributed by atoms with Gasteiger partial charge in [0, 0.05) is 40.3 Å². The van der Waals surface area contributed by atoms with Gasteiger partial charge in [-0.3, -0.25) is 29.0 Å². The zero-order valence-electron chi connectivity index (χ0n) is 32.8. The molecule has 15 heteroatoms. The van der Waals surface area contributed by atoms with Gasteiger partial charge in [-0.25, -0.2) is 9.98 Å². The first-order valence-corrected chi connectivity index (χ1v) is 20.3. The standard InChI is InChI=1S/C41H53N7O7S/c1-24(2)54-35-22-34(28-14-15-33(53-6)25(3)36(28)45-35)55-27-21-32(39(51)42-5)48(23-27)40(52)31(44-38(50)30-16-19-43-46-30)13-11-9-7-8-10-12-26-20-29(26)37(49)47-56-41(4)17-18-41/h10,12,14-16,19,22,24,26-27,29,31-32H,5,7-9,11,13,17-18,20-21,23H2,1-4,6H3,(H,43,46)(H,44,50)(H,47,49)/b12-10-/t26?,27?,29-,31-,32-/m0/s1. The minimum absolute atomic E-state index is 0.0580. The van der Waals surface area contributed by atoms with Crippen LogP contribution in [0, 0.1) is 18.8 Å². The molecule has 3 aromatic rings. The minimum Gasteiger partial charge on any atom is -0.496 e. The van der Waals surface area contributed by atoms with Gasteiger partial charge in [0.2, 0.25) is 17.7 Å². The maximum atomic E-state index is 14.3. The number of carbonyl (C=O) groups excluding carboxylic acids is 4. The number of hydrogen-bond acceptors (Lipinski definition) is 10. The van der Waals surface area contributed by atoms with Crippen LogP contribution in [0.1, 0.15) is 94.6 Å². The Labute approximate surface area is 332 Å². The first kappa shape index (κ1) is 40.7. The molecule has 0 radical (unpaired) electrons. The van der Waals surface area contributed by atoms with Crippen molar-refractivity contribution in [2.75, 3.05) is 13.7 Å². The lowest BCUT2D eigenvalue weighted by Crippen LogP contribution is -2.51. The van der Waals surface area contributed by atoms with Crippen molar-refractivity contribution < 1.29 is 33.4 Å². The quantitative estimate of drug-likeness (QED) is 0.0574. The van der Waals surface area contributed by atoms with E-state index in [9.17, 15) is 19.2 Å². The van der Waals surface area contributed by atoms with Gasteiger partial charge in [-0.2, -0.15) is 5.10 Å². The van der Waals surface area contributed by atoms with Crippen LogP contribution in [0.4, 0.5) is 0 Å². The van der Waals surface area contributed by atoms with Crippen molar-refractivity contribution in [2.24, 2.45) is 16.8 Å². The number of hydrogen-bond donors (Lipinski definition) is 3. The average Bonchev–Trinajstić information content (AvgIpc) is 3.98. The Morgan fingerprint density at radius 3 is 2.64 bits per heavy atom. The molecule has 14 nitrogen and oxygen atoms in total. The minimum atomic E-state index is -0.924. The number of aliphatic imine (C=N–C) groups is 1. The molecule has 4 amide bonds. The van der Waals surface area contributed by atoms with Crippen LogP contribution in [-0.4, -0.2) is 93.1 Å². The van der Waals surface area contributed by atoms with Crippen molar-refractivity contribution in [3.63, 3.8) is 0 Å². The van der Waals surface area contributed by atoms with Crippen LogP contribution < -0.4 is 24.2 Å². The molecule has 5 atom stereocenters. The number of nitrogens with zero attached hydrogens (tertiary/aromatic N) is 4. The largest absolute Gasteiger partial charge is 0.496 e. The fraction of sp³-hybridized carbons (Fsp3) is 0.537. The van der Waals surface area contributed by atoms with Gasteiger partial charge < -0.3 is 24.4 Å². The third kappa shape index (κ3) is 10.1. The van der Waals surface area contributed by atoms with Gasteiger partial charge in [-0.05, 0) is 109 Å². The maximum absolute atomic E-state index is 14.3. The van der Waals surface area contributed by atoms with E-state index in [1.165, 1.54) is 17.2 Å². The zero-order valence-corrected chi connectivity index (χ0v) is 33.7. The summed E-state index contributed by atoms with van der Waals surface area (Å²) < 4.78 is 21.3. The number of rotatable bonds is 19. The Hall–Kier alpha value is -4.92. The molecule has 300 valence electrons. The van der Waals surface area contributed by atoms with Crippen LogP contribution in [0.15, 0.2) is 47.6 Å². The van der Waals surface area contributed by atoms with Gasteiger partial charge in [0.25, 0.3) is 11.8 Å². The van der Waals surface area contributed by atoms with Crippen molar-refractivity contribution in [1.82, 2.24) is 30.1 Å². The van der Waals surface area contributed by atoms with E-state index in [1.807, 2.05) is 32.9 Å². The molecule has 1 aliphatic heterocycles.